The molecule has 2 nitrogen and oxygen atoms in total. The van der Waals surface area contributed by atoms with Gasteiger partial charge in [-0.25, -0.2) is 0 Å². The van der Waals surface area contributed by atoms with Gasteiger partial charge in [-0.15, -0.1) is 0 Å². The first-order valence-corrected chi connectivity index (χ1v) is 4.87. The van der Waals surface area contributed by atoms with Gasteiger partial charge in [-0.2, -0.15) is 0 Å². The van der Waals surface area contributed by atoms with Crippen LogP contribution in [0.15, 0.2) is 33.4 Å². The second-order valence-electron chi connectivity index (χ2n) is 2.61. The number of fused-ring (bicyclic) bond motifs is 1. The molecule has 0 aliphatic heterocycles. The molecule has 0 spiro atoms. The molecular weight excluding hydrogens is 250 g/mol. The van der Waals surface area contributed by atoms with Gasteiger partial charge in [0.1, 0.15) is 11.3 Å². The van der Waals surface area contributed by atoms with Crippen LogP contribution in [0.25, 0.3) is 11.0 Å². The molecule has 2 rings (SSSR count). The summed E-state index contributed by atoms with van der Waals surface area (Å²) in [5.74, 6) is 0. The second kappa shape index (κ2) is 3.12. The average molecular weight is 256 g/mol. The maximum Gasteiger partial charge on any atom is 0.194 e. The number of hydrogen-bond acceptors (Lipinski definition) is 3. The lowest BCUT2D eigenvalue weighted by Crippen LogP contribution is -1.88. The number of rotatable bonds is 0. The van der Waals surface area contributed by atoms with Crippen LogP contribution < -0.4 is 5.73 Å². The van der Waals surface area contributed by atoms with Crippen molar-refractivity contribution in [1.82, 2.24) is 0 Å². The molecule has 0 radical (unpaired) electrons. The normalized spacial score (nSPS) is 10.5. The minimum absolute atomic E-state index is 0.480. The van der Waals surface area contributed by atoms with Crippen molar-refractivity contribution in [3.8, 4) is 0 Å². The molecule has 0 fully saturated rings. The lowest BCUT2D eigenvalue weighted by molar-refractivity contribution is 0.577. The molecule has 0 bridgehead atoms. The maximum absolute atomic E-state index is 5.70. The van der Waals surface area contributed by atoms with Gasteiger partial charge in [0.15, 0.2) is 4.67 Å². The van der Waals surface area contributed by atoms with Gasteiger partial charge in [0.05, 0.1) is 4.51 Å². The molecule has 0 aliphatic carbocycles. The SMILES string of the molecule is Nc1c(Br)oc2ccccc2c1=S. The molecule has 0 aliphatic rings. The van der Waals surface area contributed by atoms with Crippen LogP contribution in [0, 0.1) is 4.51 Å². The van der Waals surface area contributed by atoms with Crippen molar-refractivity contribution in [1.29, 1.82) is 0 Å². The van der Waals surface area contributed by atoms with Gasteiger partial charge in [-0.1, -0.05) is 24.4 Å². The van der Waals surface area contributed by atoms with Crippen molar-refractivity contribution in [3.05, 3.63) is 33.4 Å². The first-order chi connectivity index (χ1) is 6.20. The Labute approximate surface area is 88.5 Å². The third-order valence-electron chi connectivity index (χ3n) is 1.79. The number of hydrogen-bond donors (Lipinski definition) is 1. The van der Waals surface area contributed by atoms with Crippen LogP contribution in [-0.4, -0.2) is 0 Å². The van der Waals surface area contributed by atoms with Crippen LogP contribution in [0.5, 0.6) is 0 Å². The van der Waals surface area contributed by atoms with E-state index in [2.05, 4.69) is 15.9 Å². The van der Waals surface area contributed by atoms with Crippen molar-refractivity contribution in [2.75, 3.05) is 5.73 Å². The minimum atomic E-state index is 0.480. The Morgan fingerprint density at radius 2 is 2.00 bits per heavy atom. The molecule has 4 heteroatoms. The van der Waals surface area contributed by atoms with E-state index in [1.54, 1.807) is 0 Å². The highest BCUT2D eigenvalue weighted by molar-refractivity contribution is 9.10. The predicted octanol–water partition coefficient (Wildman–Crippen LogP) is 3.51. The van der Waals surface area contributed by atoms with Crippen molar-refractivity contribution in [2.24, 2.45) is 0 Å². The third-order valence-corrected chi connectivity index (χ3v) is 2.82. The van der Waals surface area contributed by atoms with Gasteiger partial charge in [-0.3, -0.25) is 0 Å². The number of para-hydroxylation sites is 1. The van der Waals surface area contributed by atoms with Crippen molar-refractivity contribution in [2.45, 2.75) is 0 Å². The van der Waals surface area contributed by atoms with E-state index in [4.69, 9.17) is 22.4 Å². The molecule has 0 atom stereocenters. The fourth-order valence-electron chi connectivity index (χ4n) is 1.13. The Hall–Kier alpha value is -0.870. The summed E-state index contributed by atoms with van der Waals surface area (Å²) < 4.78 is 6.53. The second-order valence-corrected chi connectivity index (χ2v) is 3.74. The molecule has 0 saturated carbocycles. The monoisotopic (exact) mass is 255 g/mol. The minimum Gasteiger partial charge on any atom is -0.447 e. The lowest BCUT2D eigenvalue weighted by Gasteiger charge is -2.01. The lowest BCUT2D eigenvalue weighted by atomic mass is 10.2. The molecule has 66 valence electrons. The third kappa shape index (κ3) is 1.36. The van der Waals surface area contributed by atoms with Gasteiger partial charge in [0.25, 0.3) is 0 Å². The van der Waals surface area contributed by atoms with E-state index in [1.165, 1.54) is 0 Å². The van der Waals surface area contributed by atoms with Crippen LogP contribution in [0.4, 0.5) is 5.69 Å². The van der Waals surface area contributed by atoms with E-state index in [1.807, 2.05) is 24.3 Å². The predicted molar refractivity (Wildman–Crippen MR) is 59.2 cm³/mol. The Morgan fingerprint density at radius 1 is 1.31 bits per heavy atom. The van der Waals surface area contributed by atoms with Crippen LogP contribution >= 0.6 is 28.1 Å². The molecule has 0 unspecified atom stereocenters. The van der Waals surface area contributed by atoms with E-state index < -0.39 is 0 Å². The van der Waals surface area contributed by atoms with Gasteiger partial charge >= 0.3 is 0 Å². The van der Waals surface area contributed by atoms with Gasteiger partial charge in [0, 0.05) is 5.39 Å². The van der Waals surface area contributed by atoms with E-state index >= 15 is 0 Å². The summed E-state index contributed by atoms with van der Waals surface area (Å²) in [5.41, 5.74) is 6.93. The van der Waals surface area contributed by atoms with Crippen molar-refractivity contribution >= 4 is 44.8 Å². The van der Waals surface area contributed by atoms with E-state index in [-0.39, 0.29) is 0 Å². The Kier molecular flexibility index (Phi) is 2.09. The molecule has 1 heterocycles. The first kappa shape index (κ1) is 8.72. The largest absolute Gasteiger partial charge is 0.447 e. The molecular formula is C9H6BrNOS. The molecule has 2 aromatic rings. The van der Waals surface area contributed by atoms with E-state index in [0.717, 1.165) is 11.0 Å². The zero-order valence-corrected chi connectivity index (χ0v) is 8.98. The fourth-order valence-corrected chi connectivity index (χ4v) is 1.89. The number of nitrogen functional groups attached to an aromatic ring is 1. The number of nitrogens with two attached hydrogens (primary N) is 1. The summed E-state index contributed by atoms with van der Waals surface area (Å²) in [5, 5.41) is 0.873. The fraction of sp³-hybridized carbons (Fsp3) is 0. The average Bonchev–Trinajstić information content (AvgIpc) is 2.15. The molecule has 1 aromatic carbocycles. The van der Waals surface area contributed by atoms with Crippen LogP contribution in [0.3, 0.4) is 0 Å². The number of halogens is 1. The van der Waals surface area contributed by atoms with E-state index in [0.29, 0.717) is 14.9 Å². The van der Waals surface area contributed by atoms with Gasteiger partial charge in [0.2, 0.25) is 0 Å². The van der Waals surface area contributed by atoms with Gasteiger partial charge < -0.3 is 10.2 Å². The maximum atomic E-state index is 5.70. The number of benzene rings is 1. The highest BCUT2D eigenvalue weighted by atomic mass is 79.9. The zero-order valence-electron chi connectivity index (χ0n) is 6.58. The molecule has 1 aromatic heterocycles. The summed E-state index contributed by atoms with van der Waals surface area (Å²) in [7, 11) is 0. The summed E-state index contributed by atoms with van der Waals surface area (Å²) >= 11 is 8.38. The topological polar surface area (TPSA) is 39.2 Å². The molecule has 0 amide bonds. The van der Waals surface area contributed by atoms with Gasteiger partial charge in [-0.05, 0) is 28.1 Å². The molecule has 0 saturated heterocycles. The first-order valence-electron chi connectivity index (χ1n) is 3.67. The molecule has 2 N–H and O–H groups in total. The highest BCUT2D eigenvalue weighted by Crippen LogP contribution is 2.27. The Balaban J connectivity index is 3.03. The standard InChI is InChI=1S/C9H6BrNOS/c10-9-7(11)8(13)5-3-1-2-4-6(5)12-9/h1-4H,11H2. The van der Waals surface area contributed by atoms with Crippen LogP contribution in [-0.2, 0) is 0 Å². The summed E-state index contributed by atoms with van der Waals surface area (Å²) in [4.78, 5) is 0. The summed E-state index contributed by atoms with van der Waals surface area (Å²) in [6, 6.07) is 7.55. The summed E-state index contributed by atoms with van der Waals surface area (Å²) in [6.07, 6.45) is 0. The zero-order chi connectivity index (χ0) is 9.42. The van der Waals surface area contributed by atoms with Crippen LogP contribution in [0.2, 0.25) is 0 Å². The quantitative estimate of drug-likeness (QED) is 0.733. The Morgan fingerprint density at radius 3 is 2.77 bits per heavy atom. The van der Waals surface area contributed by atoms with Crippen molar-refractivity contribution < 1.29 is 4.42 Å². The summed E-state index contributed by atoms with van der Waals surface area (Å²) in [6.45, 7) is 0. The van der Waals surface area contributed by atoms with Crippen LogP contribution in [0.1, 0.15) is 0 Å². The smallest absolute Gasteiger partial charge is 0.194 e. The van der Waals surface area contributed by atoms with Crippen molar-refractivity contribution in [3.63, 3.8) is 0 Å². The Bertz CT molecular complexity index is 520. The highest BCUT2D eigenvalue weighted by Gasteiger charge is 2.04. The van der Waals surface area contributed by atoms with E-state index in [9.17, 15) is 0 Å². The molecule has 13 heavy (non-hydrogen) atoms. The number of anilines is 1.